The molecule has 31 heavy (non-hydrogen) atoms. The highest BCUT2D eigenvalue weighted by atomic mass is 16.5. The van der Waals surface area contributed by atoms with Gasteiger partial charge in [0.15, 0.2) is 0 Å². The second kappa shape index (κ2) is 9.00. The Balaban J connectivity index is 1.47. The zero-order valence-electron chi connectivity index (χ0n) is 17.6. The SMILES string of the molecule is Cc1ccc(-c2nc(CCOc3cccc4c(CCC(=O)O)ccnc34)c(C)o2)cc1. The molecule has 0 radical (unpaired) electrons. The lowest BCUT2D eigenvalue weighted by atomic mass is 10.0. The number of carbonyl (C=O) groups is 1. The van der Waals surface area contributed by atoms with E-state index in [1.54, 1.807) is 6.20 Å². The third kappa shape index (κ3) is 4.74. The number of nitrogens with zero attached hydrogens (tertiary/aromatic N) is 2. The number of hydrogen-bond donors (Lipinski definition) is 1. The van der Waals surface area contributed by atoms with E-state index < -0.39 is 5.97 Å². The van der Waals surface area contributed by atoms with Crippen LogP contribution in [0.5, 0.6) is 5.75 Å². The van der Waals surface area contributed by atoms with Gasteiger partial charge in [-0.3, -0.25) is 9.78 Å². The number of pyridine rings is 1. The molecule has 0 spiro atoms. The Bertz CT molecular complexity index is 1210. The van der Waals surface area contributed by atoms with Crippen molar-refractivity contribution in [1.29, 1.82) is 0 Å². The van der Waals surface area contributed by atoms with Crippen molar-refractivity contribution < 1.29 is 19.1 Å². The van der Waals surface area contributed by atoms with E-state index in [9.17, 15) is 4.79 Å². The van der Waals surface area contributed by atoms with Gasteiger partial charge in [-0.05, 0) is 50.1 Å². The molecular weight excluding hydrogens is 392 g/mol. The molecule has 0 atom stereocenters. The molecule has 4 rings (SSSR count). The summed E-state index contributed by atoms with van der Waals surface area (Å²) in [6.45, 7) is 4.39. The van der Waals surface area contributed by atoms with Gasteiger partial charge < -0.3 is 14.3 Å². The number of carboxylic acid groups (broad SMARTS) is 1. The van der Waals surface area contributed by atoms with Gasteiger partial charge >= 0.3 is 5.97 Å². The van der Waals surface area contributed by atoms with Crippen LogP contribution in [0.2, 0.25) is 0 Å². The van der Waals surface area contributed by atoms with Gasteiger partial charge in [0.25, 0.3) is 0 Å². The maximum absolute atomic E-state index is 10.9. The van der Waals surface area contributed by atoms with Crippen LogP contribution in [0.4, 0.5) is 0 Å². The van der Waals surface area contributed by atoms with Crippen LogP contribution < -0.4 is 4.74 Å². The first-order valence-corrected chi connectivity index (χ1v) is 10.3. The summed E-state index contributed by atoms with van der Waals surface area (Å²) in [5.74, 6) is 1.26. The molecule has 0 unspecified atom stereocenters. The number of carboxylic acids is 1. The Morgan fingerprint density at radius 2 is 1.87 bits per heavy atom. The normalized spacial score (nSPS) is 11.0. The van der Waals surface area contributed by atoms with Crippen molar-refractivity contribution in [3.05, 3.63) is 77.3 Å². The number of oxazole rings is 1. The van der Waals surface area contributed by atoms with E-state index in [1.165, 1.54) is 5.56 Å². The second-order valence-electron chi connectivity index (χ2n) is 7.50. The molecule has 2 aromatic heterocycles. The highest BCUT2D eigenvalue weighted by Gasteiger charge is 2.13. The lowest BCUT2D eigenvalue weighted by Gasteiger charge is -2.10. The molecule has 4 aromatic rings. The smallest absolute Gasteiger partial charge is 0.303 e. The number of rotatable bonds is 8. The topological polar surface area (TPSA) is 85.5 Å². The van der Waals surface area contributed by atoms with Gasteiger partial charge in [-0.15, -0.1) is 0 Å². The average Bonchev–Trinajstić information content (AvgIpc) is 3.13. The summed E-state index contributed by atoms with van der Waals surface area (Å²) in [4.78, 5) is 20.0. The molecule has 0 saturated heterocycles. The number of para-hydroxylation sites is 1. The molecule has 6 nitrogen and oxygen atoms in total. The van der Waals surface area contributed by atoms with Crippen LogP contribution >= 0.6 is 0 Å². The van der Waals surface area contributed by atoms with Gasteiger partial charge in [0.05, 0.1) is 12.3 Å². The summed E-state index contributed by atoms with van der Waals surface area (Å²) in [6, 6.07) is 15.7. The predicted molar refractivity (Wildman–Crippen MR) is 118 cm³/mol. The lowest BCUT2D eigenvalue weighted by Crippen LogP contribution is -2.04. The second-order valence-corrected chi connectivity index (χ2v) is 7.50. The molecule has 0 aliphatic heterocycles. The van der Waals surface area contributed by atoms with Gasteiger partial charge in [0.1, 0.15) is 17.0 Å². The van der Waals surface area contributed by atoms with Crippen molar-refractivity contribution in [2.75, 3.05) is 6.61 Å². The van der Waals surface area contributed by atoms with Crippen molar-refractivity contribution >= 4 is 16.9 Å². The van der Waals surface area contributed by atoms with Gasteiger partial charge in [0.2, 0.25) is 5.89 Å². The minimum absolute atomic E-state index is 0.0823. The number of hydrogen-bond acceptors (Lipinski definition) is 5. The molecule has 1 N–H and O–H groups in total. The molecule has 0 bridgehead atoms. The summed E-state index contributed by atoms with van der Waals surface area (Å²) < 4.78 is 11.9. The van der Waals surface area contributed by atoms with Crippen molar-refractivity contribution in [1.82, 2.24) is 9.97 Å². The quantitative estimate of drug-likeness (QED) is 0.428. The van der Waals surface area contributed by atoms with Crippen LogP contribution in [-0.2, 0) is 17.6 Å². The Kier molecular flexibility index (Phi) is 5.98. The van der Waals surface area contributed by atoms with E-state index >= 15 is 0 Å². The number of aryl methyl sites for hydroxylation is 3. The largest absolute Gasteiger partial charge is 0.491 e. The van der Waals surface area contributed by atoms with Gasteiger partial charge in [-0.2, -0.15) is 0 Å². The van der Waals surface area contributed by atoms with Gasteiger partial charge in [0, 0.05) is 30.0 Å². The van der Waals surface area contributed by atoms with Gasteiger partial charge in [-0.25, -0.2) is 4.98 Å². The zero-order valence-corrected chi connectivity index (χ0v) is 17.6. The molecular formula is C25H24N2O4. The Morgan fingerprint density at radius 1 is 1.06 bits per heavy atom. The fourth-order valence-corrected chi connectivity index (χ4v) is 3.52. The highest BCUT2D eigenvalue weighted by molar-refractivity contribution is 5.87. The number of aliphatic carboxylic acids is 1. The first-order valence-electron chi connectivity index (χ1n) is 10.3. The minimum atomic E-state index is -0.814. The Labute approximate surface area is 180 Å². The van der Waals surface area contributed by atoms with Crippen molar-refractivity contribution in [2.45, 2.75) is 33.1 Å². The van der Waals surface area contributed by atoms with E-state index in [2.05, 4.69) is 9.97 Å². The van der Waals surface area contributed by atoms with E-state index in [4.69, 9.17) is 14.3 Å². The first kappa shape index (κ1) is 20.6. The third-order valence-corrected chi connectivity index (χ3v) is 5.22. The molecule has 0 aliphatic rings. The summed E-state index contributed by atoms with van der Waals surface area (Å²) in [7, 11) is 0. The van der Waals surface area contributed by atoms with Crippen molar-refractivity contribution in [2.24, 2.45) is 0 Å². The van der Waals surface area contributed by atoms with Crippen LogP contribution in [0.1, 0.15) is 29.0 Å². The summed E-state index contributed by atoms with van der Waals surface area (Å²) in [5.41, 5.74) is 4.70. The van der Waals surface area contributed by atoms with E-state index in [0.29, 0.717) is 31.1 Å². The Hall–Kier alpha value is -3.67. The molecule has 158 valence electrons. The number of aromatic nitrogens is 2. The molecule has 0 fully saturated rings. The fraction of sp³-hybridized carbons (Fsp3) is 0.240. The molecule has 2 aromatic carbocycles. The standard InChI is InChI=1S/C25H24N2O4/c1-16-6-8-19(9-7-16)25-27-21(17(2)31-25)13-15-30-22-5-3-4-20-18(10-11-23(28)29)12-14-26-24(20)22/h3-9,12,14H,10-11,13,15H2,1-2H3,(H,28,29). The van der Waals surface area contributed by atoms with Crippen LogP contribution in [0.25, 0.3) is 22.4 Å². The molecule has 0 aliphatic carbocycles. The summed E-state index contributed by atoms with van der Waals surface area (Å²) >= 11 is 0. The monoisotopic (exact) mass is 416 g/mol. The summed E-state index contributed by atoms with van der Waals surface area (Å²) in [6.07, 6.45) is 2.84. The van der Waals surface area contributed by atoms with Crippen LogP contribution in [-0.4, -0.2) is 27.7 Å². The van der Waals surface area contributed by atoms with Gasteiger partial charge in [-0.1, -0.05) is 29.8 Å². The maximum Gasteiger partial charge on any atom is 0.303 e. The average molecular weight is 416 g/mol. The number of benzene rings is 2. The summed E-state index contributed by atoms with van der Waals surface area (Å²) in [5, 5.41) is 9.90. The van der Waals surface area contributed by atoms with Crippen molar-refractivity contribution in [3.63, 3.8) is 0 Å². The lowest BCUT2D eigenvalue weighted by molar-refractivity contribution is -0.136. The maximum atomic E-state index is 10.9. The zero-order chi connectivity index (χ0) is 21.8. The number of ether oxygens (including phenoxy) is 1. The minimum Gasteiger partial charge on any atom is -0.491 e. The number of fused-ring (bicyclic) bond motifs is 1. The van der Waals surface area contributed by atoms with Crippen LogP contribution in [0.3, 0.4) is 0 Å². The molecule has 2 heterocycles. The molecule has 6 heteroatoms. The van der Waals surface area contributed by atoms with E-state index in [0.717, 1.165) is 33.5 Å². The first-order chi connectivity index (χ1) is 15.0. The molecule has 0 amide bonds. The Morgan fingerprint density at radius 3 is 2.65 bits per heavy atom. The fourth-order valence-electron chi connectivity index (χ4n) is 3.52. The highest BCUT2D eigenvalue weighted by Crippen LogP contribution is 2.27. The van der Waals surface area contributed by atoms with E-state index in [1.807, 2.05) is 62.4 Å². The predicted octanol–water partition coefficient (Wildman–Crippen LogP) is 5.15. The third-order valence-electron chi connectivity index (χ3n) is 5.22. The van der Waals surface area contributed by atoms with Crippen LogP contribution in [0, 0.1) is 13.8 Å². The van der Waals surface area contributed by atoms with E-state index in [-0.39, 0.29) is 6.42 Å². The van der Waals surface area contributed by atoms with Crippen LogP contribution in [0.15, 0.2) is 59.1 Å². The molecule has 0 saturated carbocycles. The van der Waals surface area contributed by atoms with Crippen molar-refractivity contribution in [3.8, 4) is 17.2 Å².